The summed E-state index contributed by atoms with van der Waals surface area (Å²) >= 11 is 0. The summed E-state index contributed by atoms with van der Waals surface area (Å²) in [6, 6.07) is 8.80. The van der Waals surface area contributed by atoms with Gasteiger partial charge in [0.2, 0.25) is 15.9 Å². The summed E-state index contributed by atoms with van der Waals surface area (Å²) in [6.07, 6.45) is 3.15. The van der Waals surface area contributed by atoms with Crippen LogP contribution in [0.5, 0.6) is 0 Å². The van der Waals surface area contributed by atoms with Gasteiger partial charge in [0.05, 0.1) is 5.69 Å². The maximum atomic E-state index is 12.6. The number of carbonyl (C=O) groups excluding carboxylic acids is 1. The molecule has 1 amide bonds. The minimum atomic E-state index is -3.56. The topological polar surface area (TPSA) is 96.3 Å². The molecular formula is C18H23N5O3S. The summed E-state index contributed by atoms with van der Waals surface area (Å²) in [5.41, 5.74) is 0.910. The number of para-hydroxylation sites is 1. The number of nitrogens with zero attached hydrogens (tertiary/aromatic N) is 3. The Morgan fingerprint density at radius 2 is 1.96 bits per heavy atom. The fraction of sp³-hybridized carbons (Fsp3) is 0.444. The zero-order chi connectivity index (χ0) is 19.1. The molecule has 3 heterocycles. The summed E-state index contributed by atoms with van der Waals surface area (Å²) in [7, 11) is -3.56. The molecule has 144 valence electrons. The summed E-state index contributed by atoms with van der Waals surface area (Å²) < 4.78 is 29.8. The number of rotatable bonds is 3. The highest BCUT2D eigenvalue weighted by molar-refractivity contribution is 7.89. The molecule has 0 radical (unpaired) electrons. The number of benzene rings is 1. The number of amides is 1. The average Bonchev–Trinajstić information content (AvgIpc) is 3.04. The summed E-state index contributed by atoms with van der Waals surface area (Å²) in [6.45, 7) is 3.53. The van der Waals surface area contributed by atoms with Crippen LogP contribution in [0.3, 0.4) is 0 Å². The van der Waals surface area contributed by atoms with Crippen LogP contribution in [0.25, 0.3) is 0 Å². The summed E-state index contributed by atoms with van der Waals surface area (Å²) in [5.74, 6) is 0.0683. The molecule has 1 saturated heterocycles. The smallest absolute Gasteiger partial charge is 0.244 e. The summed E-state index contributed by atoms with van der Waals surface area (Å²) in [4.78, 5) is 14.6. The highest BCUT2D eigenvalue weighted by Crippen LogP contribution is 2.34. The first-order valence-electron chi connectivity index (χ1n) is 9.06. The van der Waals surface area contributed by atoms with E-state index in [2.05, 4.69) is 15.1 Å². The van der Waals surface area contributed by atoms with Gasteiger partial charge in [-0.3, -0.25) is 9.48 Å². The number of anilines is 1. The van der Waals surface area contributed by atoms with Crippen molar-refractivity contribution in [1.82, 2.24) is 19.4 Å². The Morgan fingerprint density at radius 1 is 1.22 bits per heavy atom. The molecule has 2 aliphatic heterocycles. The van der Waals surface area contributed by atoms with E-state index in [0.717, 1.165) is 5.69 Å². The Morgan fingerprint density at radius 3 is 2.67 bits per heavy atom. The Balaban J connectivity index is 1.40. The molecule has 0 bridgehead atoms. The number of fused-ring (bicyclic) bond motifs is 1. The first-order chi connectivity index (χ1) is 12.9. The minimum absolute atomic E-state index is 0.0683. The molecule has 1 fully saturated rings. The number of hydrogen-bond acceptors (Lipinski definition) is 5. The number of likely N-dealkylation sites (tertiary alicyclic amines) is 1. The van der Waals surface area contributed by atoms with Crippen molar-refractivity contribution in [2.75, 3.05) is 18.4 Å². The molecule has 0 aliphatic carbocycles. The van der Waals surface area contributed by atoms with Crippen LogP contribution in [-0.4, -0.2) is 47.8 Å². The first-order valence-corrected chi connectivity index (χ1v) is 10.5. The lowest BCUT2D eigenvalue weighted by Crippen LogP contribution is -2.62. The number of hydrogen-bond donors (Lipinski definition) is 2. The van der Waals surface area contributed by atoms with Gasteiger partial charge in [0, 0.05) is 50.8 Å². The van der Waals surface area contributed by atoms with Crippen LogP contribution >= 0.6 is 0 Å². The van der Waals surface area contributed by atoms with Gasteiger partial charge in [-0.1, -0.05) is 12.1 Å². The number of aryl methyl sites for hydroxylation is 2. The van der Waals surface area contributed by atoms with Crippen LogP contribution in [0.1, 0.15) is 25.0 Å². The number of piperidine rings is 1. The van der Waals surface area contributed by atoms with Crippen molar-refractivity contribution in [2.24, 2.45) is 0 Å². The lowest BCUT2D eigenvalue weighted by Gasteiger charge is -2.45. The predicted molar refractivity (Wildman–Crippen MR) is 101 cm³/mol. The summed E-state index contributed by atoms with van der Waals surface area (Å²) in [5, 5.41) is 7.54. The molecule has 4 rings (SSSR count). The highest BCUT2D eigenvalue weighted by atomic mass is 32.2. The van der Waals surface area contributed by atoms with Gasteiger partial charge in [-0.15, -0.1) is 0 Å². The normalized spacial score (nSPS) is 20.1. The maximum Gasteiger partial charge on any atom is 0.244 e. The van der Waals surface area contributed by atoms with Crippen LogP contribution in [-0.2, 0) is 21.4 Å². The van der Waals surface area contributed by atoms with E-state index in [-0.39, 0.29) is 10.8 Å². The van der Waals surface area contributed by atoms with Crippen molar-refractivity contribution in [3.63, 3.8) is 0 Å². The van der Waals surface area contributed by atoms with Gasteiger partial charge >= 0.3 is 0 Å². The van der Waals surface area contributed by atoms with Gasteiger partial charge in [-0.2, -0.15) is 9.82 Å². The number of aromatic nitrogens is 2. The average molecular weight is 389 g/mol. The molecule has 1 spiro atoms. The third kappa shape index (κ3) is 3.44. The van der Waals surface area contributed by atoms with E-state index in [0.29, 0.717) is 44.6 Å². The van der Waals surface area contributed by atoms with E-state index >= 15 is 0 Å². The first kappa shape index (κ1) is 18.0. The van der Waals surface area contributed by atoms with E-state index in [1.54, 1.807) is 29.3 Å². The molecule has 9 heteroatoms. The van der Waals surface area contributed by atoms with Crippen molar-refractivity contribution >= 4 is 21.6 Å². The Kier molecular flexibility index (Phi) is 4.43. The Bertz CT molecular complexity index is 961. The third-order valence-corrected chi connectivity index (χ3v) is 6.91. The fourth-order valence-corrected chi connectivity index (χ4v) is 5.30. The second-order valence-corrected chi connectivity index (χ2v) is 8.79. The standard InChI is InChI=1S/C18H23N5O3S/c1-14-6-10-19-23(14)11-7-17(24)22-12-8-18(9-13-22)20-15-4-2-3-5-16(15)27(25,26)21-18/h2-6,10,20-21H,7-9,11-13H2,1H3. The van der Waals surface area contributed by atoms with E-state index in [9.17, 15) is 13.2 Å². The van der Waals surface area contributed by atoms with Crippen molar-refractivity contribution in [3.8, 4) is 0 Å². The number of nitrogens with one attached hydrogen (secondary N) is 2. The second-order valence-electron chi connectivity index (χ2n) is 7.14. The van der Waals surface area contributed by atoms with Gasteiger partial charge in [-0.05, 0) is 25.1 Å². The SMILES string of the molecule is Cc1ccnn1CCC(=O)N1CCC2(CC1)Nc1ccccc1S(=O)(=O)N2. The highest BCUT2D eigenvalue weighted by Gasteiger charge is 2.43. The van der Waals surface area contributed by atoms with Crippen molar-refractivity contribution in [2.45, 2.75) is 43.3 Å². The lowest BCUT2D eigenvalue weighted by molar-refractivity contribution is -0.133. The second kappa shape index (κ2) is 6.65. The van der Waals surface area contributed by atoms with Crippen molar-refractivity contribution in [3.05, 3.63) is 42.2 Å². The largest absolute Gasteiger partial charge is 0.365 e. The van der Waals surface area contributed by atoms with Crippen molar-refractivity contribution in [1.29, 1.82) is 0 Å². The molecule has 2 aromatic rings. The molecule has 1 aromatic heterocycles. The molecule has 27 heavy (non-hydrogen) atoms. The van der Waals surface area contributed by atoms with E-state index in [1.165, 1.54) is 0 Å². The van der Waals surface area contributed by atoms with Crippen LogP contribution in [0.4, 0.5) is 5.69 Å². The van der Waals surface area contributed by atoms with Gasteiger partial charge in [0.25, 0.3) is 0 Å². The lowest BCUT2D eigenvalue weighted by atomic mass is 9.97. The number of carbonyl (C=O) groups is 1. The monoisotopic (exact) mass is 389 g/mol. The van der Waals surface area contributed by atoms with Crippen molar-refractivity contribution < 1.29 is 13.2 Å². The quantitative estimate of drug-likeness (QED) is 0.825. The minimum Gasteiger partial charge on any atom is -0.365 e. The van der Waals surface area contributed by atoms with Gasteiger partial charge in [0.1, 0.15) is 10.6 Å². The molecule has 0 atom stereocenters. The third-order valence-electron chi connectivity index (χ3n) is 5.32. The Hall–Kier alpha value is -2.39. The van der Waals surface area contributed by atoms with E-state index in [4.69, 9.17) is 0 Å². The molecule has 0 unspecified atom stereocenters. The van der Waals surface area contributed by atoms with Crippen LogP contribution in [0.15, 0.2) is 41.4 Å². The molecule has 0 saturated carbocycles. The van der Waals surface area contributed by atoms with E-state index < -0.39 is 15.7 Å². The van der Waals surface area contributed by atoms with Crippen LogP contribution in [0, 0.1) is 6.92 Å². The molecule has 2 N–H and O–H groups in total. The predicted octanol–water partition coefficient (Wildman–Crippen LogP) is 1.30. The number of sulfonamides is 1. The Labute approximate surface area is 158 Å². The van der Waals surface area contributed by atoms with Crippen LogP contribution < -0.4 is 10.0 Å². The van der Waals surface area contributed by atoms with Gasteiger partial charge in [0.15, 0.2) is 0 Å². The molecular weight excluding hydrogens is 366 g/mol. The van der Waals surface area contributed by atoms with Gasteiger partial charge in [-0.25, -0.2) is 8.42 Å². The van der Waals surface area contributed by atoms with Gasteiger partial charge < -0.3 is 10.2 Å². The maximum absolute atomic E-state index is 12.6. The van der Waals surface area contributed by atoms with Crippen LogP contribution in [0.2, 0.25) is 0 Å². The zero-order valence-electron chi connectivity index (χ0n) is 15.2. The van der Waals surface area contributed by atoms with E-state index in [1.807, 2.05) is 23.7 Å². The zero-order valence-corrected chi connectivity index (χ0v) is 16.0. The molecule has 2 aliphatic rings. The fourth-order valence-electron chi connectivity index (χ4n) is 3.76. The molecule has 1 aromatic carbocycles. The molecule has 8 nitrogen and oxygen atoms in total.